The quantitative estimate of drug-likeness (QED) is 0.477. The van der Waals surface area contributed by atoms with E-state index in [9.17, 15) is 5.11 Å². The number of rotatable bonds is 9. The number of aliphatic imine (C=N–C) groups is 1. The Morgan fingerprint density at radius 1 is 1.43 bits per heavy atom. The van der Waals surface area contributed by atoms with Crippen LogP contribution in [0.3, 0.4) is 0 Å². The van der Waals surface area contributed by atoms with Gasteiger partial charge in [-0.25, -0.2) is 4.99 Å². The van der Waals surface area contributed by atoms with Gasteiger partial charge in [-0.1, -0.05) is 6.92 Å². The van der Waals surface area contributed by atoms with Gasteiger partial charge in [0.2, 0.25) is 0 Å². The molecule has 0 bridgehead atoms. The van der Waals surface area contributed by atoms with Crippen LogP contribution in [-0.4, -0.2) is 55.2 Å². The van der Waals surface area contributed by atoms with Crippen molar-refractivity contribution in [3.8, 4) is 0 Å². The summed E-state index contributed by atoms with van der Waals surface area (Å²) >= 11 is 0. The Morgan fingerprint density at radius 2 is 2.17 bits per heavy atom. The van der Waals surface area contributed by atoms with E-state index in [1.165, 1.54) is 0 Å². The molecule has 1 aromatic heterocycles. The number of likely N-dealkylation sites (N-methyl/N-ethyl adjacent to an activating group) is 1. The van der Waals surface area contributed by atoms with E-state index in [-0.39, 0.29) is 6.54 Å². The summed E-state index contributed by atoms with van der Waals surface area (Å²) in [6.07, 6.45) is 2.69. The average Bonchev–Trinajstić information content (AvgIpc) is 3.07. The maximum absolute atomic E-state index is 10.4. The van der Waals surface area contributed by atoms with E-state index in [4.69, 9.17) is 4.42 Å². The maximum Gasteiger partial charge on any atom is 0.191 e. The van der Waals surface area contributed by atoms with E-state index in [1.807, 2.05) is 6.92 Å². The minimum absolute atomic E-state index is 0.233. The van der Waals surface area contributed by atoms with Crippen molar-refractivity contribution in [1.29, 1.82) is 0 Å². The Labute approximate surface area is 140 Å². The topological polar surface area (TPSA) is 73.0 Å². The highest BCUT2D eigenvalue weighted by Gasteiger charge is 2.26. The molecule has 0 radical (unpaired) electrons. The number of guanidine groups is 1. The minimum atomic E-state index is -1.11. The van der Waals surface area contributed by atoms with Gasteiger partial charge in [0.05, 0.1) is 12.8 Å². The Balaban J connectivity index is 2.53. The number of furan rings is 1. The number of aliphatic hydroxyl groups is 1. The molecule has 0 spiro atoms. The third kappa shape index (κ3) is 6.62. The van der Waals surface area contributed by atoms with E-state index >= 15 is 0 Å². The normalized spacial score (nSPS) is 16.2. The van der Waals surface area contributed by atoms with Gasteiger partial charge in [0.1, 0.15) is 11.4 Å². The van der Waals surface area contributed by atoms with Crippen LogP contribution in [0, 0.1) is 0 Å². The van der Waals surface area contributed by atoms with Crippen molar-refractivity contribution in [3.05, 3.63) is 24.2 Å². The first-order valence-electron chi connectivity index (χ1n) is 8.39. The largest absolute Gasteiger partial charge is 0.466 e. The highest BCUT2D eigenvalue weighted by Crippen LogP contribution is 2.20. The lowest BCUT2D eigenvalue weighted by Crippen LogP contribution is -2.43. The minimum Gasteiger partial charge on any atom is -0.466 e. The molecule has 0 aliphatic heterocycles. The lowest BCUT2D eigenvalue weighted by molar-refractivity contribution is 0.0437. The molecule has 1 aromatic rings. The third-order valence-corrected chi connectivity index (χ3v) is 4.04. The van der Waals surface area contributed by atoms with Crippen molar-refractivity contribution in [1.82, 2.24) is 15.5 Å². The molecule has 0 aromatic carbocycles. The number of nitrogens with one attached hydrogen (secondary N) is 2. The summed E-state index contributed by atoms with van der Waals surface area (Å²) < 4.78 is 5.28. The van der Waals surface area contributed by atoms with Gasteiger partial charge in [0.15, 0.2) is 5.96 Å². The van der Waals surface area contributed by atoms with Crippen LogP contribution < -0.4 is 10.6 Å². The van der Waals surface area contributed by atoms with Gasteiger partial charge in [-0.2, -0.15) is 0 Å². The van der Waals surface area contributed by atoms with Crippen molar-refractivity contribution in [2.75, 3.05) is 33.2 Å². The molecule has 0 aliphatic rings. The van der Waals surface area contributed by atoms with Crippen molar-refractivity contribution in [3.63, 3.8) is 0 Å². The van der Waals surface area contributed by atoms with Crippen LogP contribution in [0.4, 0.5) is 0 Å². The SMILES string of the molecule is CCNC(=NCC(C)(O)c1ccco1)NCCN(C)C(C)CC. The highest BCUT2D eigenvalue weighted by atomic mass is 16.4. The molecule has 0 aliphatic carbocycles. The molecule has 2 unspecified atom stereocenters. The molecular formula is C17H32N4O2. The molecule has 0 amide bonds. The maximum atomic E-state index is 10.4. The van der Waals surface area contributed by atoms with Gasteiger partial charge < -0.3 is 25.1 Å². The molecule has 23 heavy (non-hydrogen) atoms. The third-order valence-electron chi connectivity index (χ3n) is 4.04. The fraction of sp³-hybridized carbons (Fsp3) is 0.706. The molecule has 132 valence electrons. The van der Waals surface area contributed by atoms with Crippen LogP contribution in [0.5, 0.6) is 0 Å². The van der Waals surface area contributed by atoms with Gasteiger partial charge in [-0.05, 0) is 46.4 Å². The van der Waals surface area contributed by atoms with E-state index in [2.05, 4.69) is 41.4 Å². The van der Waals surface area contributed by atoms with Crippen molar-refractivity contribution >= 4 is 5.96 Å². The molecular weight excluding hydrogens is 292 g/mol. The molecule has 6 nitrogen and oxygen atoms in total. The Hall–Kier alpha value is -1.53. The van der Waals surface area contributed by atoms with E-state index < -0.39 is 5.60 Å². The molecule has 0 saturated heterocycles. The van der Waals surface area contributed by atoms with Crippen LogP contribution in [0.25, 0.3) is 0 Å². The molecule has 2 atom stereocenters. The highest BCUT2D eigenvalue weighted by molar-refractivity contribution is 5.79. The van der Waals surface area contributed by atoms with Gasteiger partial charge in [0, 0.05) is 25.7 Å². The van der Waals surface area contributed by atoms with Crippen LogP contribution in [0.1, 0.15) is 39.9 Å². The van der Waals surface area contributed by atoms with E-state index in [1.54, 1.807) is 25.3 Å². The lowest BCUT2D eigenvalue weighted by Gasteiger charge is -2.24. The van der Waals surface area contributed by atoms with Crippen LogP contribution in [-0.2, 0) is 5.60 Å². The molecule has 0 fully saturated rings. The van der Waals surface area contributed by atoms with Gasteiger partial charge in [-0.15, -0.1) is 0 Å². The lowest BCUT2D eigenvalue weighted by atomic mass is 10.0. The first kappa shape index (κ1) is 19.5. The average molecular weight is 324 g/mol. The first-order chi connectivity index (χ1) is 10.9. The summed E-state index contributed by atoms with van der Waals surface area (Å²) in [5.41, 5.74) is -1.11. The van der Waals surface area contributed by atoms with Crippen molar-refractivity contribution in [2.24, 2.45) is 4.99 Å². The fourth-order valence-corrected chi connectivity index (χ4v) is 2.12. The number of hydrogen-bond donors (Lipinski definition) is 3. The monoisotopic (exact) mass is 324 g/mol. The van der Waals surface area contributed by atoms with E-state index in [0.29, 0.717) is 17.8 Å². The predicted octanol–water partition coefficient (Wildman–Crippen LogP) is 1.77. The van der Waals surface area contributed by atoms with E-state index in [0.717, 1.165) is 26.1 Å². The van der Waals surface area contributed by atoms with Crippen LogP contribution in [0.15, 0.2) is 27.8 Å². The molecule has 6 heteroatoms. The fourth-order valence-electron chi connectivity index (χ4n) is 2.12. The zero-order valence-corrected chi connectivity index (χ0v) is 15.1. The van der Waals surface area contributed by atoms with Crippen molar-refractivity contribution < 1.29 is 9.52 Å². The zero-order valence-electron chi connectivity index (χ0n) is 15.1. The molecule has 3 N–H and O–H groups in total. The summed E-state index contributed by atoms with van der Waals surface area (Å²) in [4.78, 5) is 6.78. The Kier molecular flexibility index (Phi) is 8.12. The van der Waals surface area contributed by atoms with Crippen molar-refractivity contribution in [2.45, 2.75) is 45.8 Å². The summed E-state index contributed by atoms with van der Waals surface area (Å²) in [5, 5.41) is 16.9. The smallest absolute Gasteiger partial charge is 0.191 e. The second-order valence-corrected chi connectivity index (χ2v) is 6.11. The standard InChI is InChI=1S/C17H32N4O2/c1-6-14(3)21(5)11-10-19-16(18-7-2)20-13-17(4,22)15-9-8-12-23-15/h8-9,12,14,22H,6-7,10-11,13H2,1-5H3,(H2,18,19,20). The summed E-state index contributed by atoms with van der Waals surface area (Å²) in [7, 11) is 2.13. The first-order valence-corrected chi connectivity index (χ1v) is 8.39. The number of nitrogens with zero attached hydrogens (tertiary/aromatic N) is 2. The summed E-state index contributed by atoms with van der Waals surface area (Å²) in [6.45, 7) is 10.9. The van der Waals surface area contributed by atoms with Crippen LogP contribution in [0.2, 0.25) is 0 Å². The Bertz CT molecular complexity index is 457. The summed E-state index contributed by atoms with van der Waals surface area (Å²) in [5.74, 6) is 1.23. The second kappa shape index (κ2) is 9.57. The summed E-state index contributed by atoms with van der Waals surface area (Å²) in [6, 6.07) is 4.09. The number of hydrogen-bond acceptors (Lipinski definition) is 4. The molecule has 0 saturated carbocycles. The second-order valence-electron chi connectivity index (χ2n) is 6.11. The van der Waals surface area contributed by atoms with Gasteiger partial charge in [0.25, 0.3) is 0 Å². The van der Waals surface area contributed by atoms with Gasteiger partial charge >= 0.3 is 0 Å². The Morgan fingerprint density at radius 3 is 2.74 bits per heavy atom. The van der Waals surface area contributed by atoms with Gasteiger partial charge in [-0.3, -0.25) is 0 Å². The van der Waals surface area contributed by atoms with Crippen LogP contribution >= 0.6 is 0 Å². The zero-order chi connectivity index (χ0) is 17.3. The predicted molar refractivity (Wildman–Crippen MR) is 94.6 cm³/mol. The molecule has 1 heterocycles. The molecule has 1 rings (SSSR count).